The van der Waals surface area contributed by atoms with Gasteiger partial charge in [0.2, 0.25) is 6.10 Å². The molecule has 0 fully saturated rings. The molecule has 10 heteroatoms. The fourth-order valence-corrected chi connectivity index (χ4v) is 3.58. The molecule has 2 aliphatic heterocycles. The highest BCUT2D eigenvalue weighted by Crippen LogP contribution is 2.32. The van der Waals surface area contributed by atoms with Gasteiger partial charge in [0.1, 0.15) is 6.61 Å². The lowest BCUT2D eigenvalue weighted by molar-refractivity contribution is -0.130. The molecule has 0 saturated heterocycles. The highest BCUT2D eigenvalue weighted by molar-refractivity contribution is 7.89. The van der Waals surface area contributed by atoms with Crippen LogP contribution in [0.1, 0.15) is 6.42 Å². The van der Waals surface area contributed by atoms with E-state index in [1.165, 1.54) is 18.2 Å². The van der Waals surface area contributed by atoms with Crippen molar-refractivity contribution in [2.24, 2.45) is 0 Å². The average molecular weight is 406 g/mol. The van der Waals surface area contributed by atoms with Gasteiger partial charge in [0.05, 0.1) is 18.1 Å². The summed E-state index contributed by atoms with van der Waals surface area (Å²) in [7, 11) is -4.01. The highest BCUT2D eigenvalue weighted by atomic mass is 32.2. The number of para-hydroxylation sites is 2. The Morgan fingerprint density at radius 3 is 2.46 bits per heavy atom. The van der Waals surface area contributed by atoms with Gasteiger partial charge in [-0.2, -0.15) is 0 Å². The van der Waals surface area contributed by atoms with Gasteiger partial charge in [-0.05, 0) is 24.3 Å². The van der Waals surface area contributed by atoms with Gasteiger partial charge in [-0.25, -0.2) is 8.42 Å². The second-order valence-electron chi connectivity index (χ2n) is 6.12. The first-order chi connectivity index (χ1) is 13.5. The number of sulfonamides is 1. The van der Waals surface area contributed by atoms with Crippen molar-refractivity contribution in [3.8, 4) is 23.0 Å². The van der Waals surface area contributed by atoms with Gasteiger partial charge in [0.15, 0.2) is 23.0 Å². The van der Waals surface area contributed by atoms with E-state index in [1.54, 1.807) is 24.3 Å². The molecule has 1 amide bonds. The SMILES string of the molecule is O=C(NNS(=O)(=O)c1ccc2c(c1)OCCCO2)[C@H]1COc2ccccc2O1. The smallest absolute Gasteiger partial charge is 0.279 e. The molecule has 0 spiro atoms. The Morgan fingerprint density at radius 1 is 0.929 bits per heavy atom. The van der Waals surface area contributed by atoms with E-state index < -0.39 is 22.0 Å². The zero-order valence-corrected chi connectivity index (χ0v) is 15.5. The lowest BCUT2D eigenvalue weighted by atomic mass is 10.2. The number of carbonyl (C=O) groups excluding carboxylic acids is 1. The first-order valence-corrected chi connectivity index (χ1v) is 10.1. The summed E-state index contributed by atoms with van der Waals surface area (Å²) in [5.41, 5.74) is 2.16. The Kier molecular flexibility index (Phi) is 4.97. The first-order valence-electron chi connectivity index (χ1n) is 8.63. The molecule has 2 heterocycles. The summed E-state index contributed by atoms with van der Waals surface area (Å²) in [4.78, 5) is 14.3. The number of hydrazine groups is 1. The fraction of sp³-hybridized carbons (Fsp3) is 0.278. The van der Waals surface area contributed by atoms with Gasteiger partial charge in [0.25, 0.3) is 15.9 Å². The lowest BCUT2D eigenvalue weighted by Crippen LogP contribution is -2.50. The minimum Gasteiger partial charge on any atom is -0.490 e. The standard InChI is InChI=1S/C18H18N2O7S/c21-18(17-11-26-13-4-1-2-5-15(13)27-17)19-20-28(22,23)12-6-7-14-16(10-12)25-9-3-8-24-14/h1-2,4-7,10,17,20H,3,8-9,11H2,(H,19,21)/t17-/m1/s1. The molecule has 0 saturated carbocycles. The maximum absolute atomic E-state index is 12.5. The van der Waals surface area contributed by atoms with Crippen molar-refractivity contribution in [2.45, 2.75) is 17.4 Å². The van der Waals surface area contributed by atoms with E-state index in [9.17, 15) is 13.2 Å². The minimum absolute atomic E-state index is 0.0331. The van der Waals surface area contributed by atoms with Gasteiger partial charge in [-0.1, -0.05) is 12.1 Å². The molecule has 0 aliphatic carbocycles. The molecule has 2 aromatic carbocycles. The van der Waals surface area contributed by atoms with Crippen molar-refractivity contribution in [3.05, 3.63) is 42.5 Å². The lowest BCUT2D eigenvalue weighted by Gasteiger charge is -2.25. The highest BCUT2D eigenvalue weighted by Gasteiger charge is 2.28. The number of benzene rings is 2. The summed E-state index contributed by atoms with van der Waals surface area (Å²) in [6.45, 7) is 0.899. The topological polar surface area (TPSA) is 112 Å². The molecule has 9 nitrogen and oxygen atoms in total. The molecule has 0 aromatic heterocycles. The summed E-state index contributed by atoms with van der Waals surface area (Å²) in [6.07, 6.45) is -0.279. The molecule has 2 aromatic rings. The van der Waals surface area contributed by atoms with Crippen LogP contribution in [0.5, 0.6) is 23.0 Å². The monoisotopic (exact) mass is 406 g/mol. The second kappa shape index (κ2) is 7.56. The molecule has 0 bridgehead atoms. The molecule has 0 radical (unpaired) electrons. The molecule has 1 atom stereocenters. The number of fused-ring (bicyclic) bond motifs is 2. The summed E-state index contributed by atoms with van der Waals surface area (Å²) in [6, 6.07) is 11.2. The van der Waals surface area contributed by atoms with Crippen LogP contribution in [-0.2, 0) is 14.8 Å². The zero-order chi connectivity index (χ0) is 19.6. The first kappa shape index (κ1) is 18.4. The Hall–Kier alpha value is -2.98. The summed E-state index contributed by atoms with van der Waals surface area (Å²) >= 11 is 0. The van der Waals surface area contributed by atoms with Crippen LogP contribution in [0.3, 0.4) is 0 Å². The van der Waals surface area contributed by atoms with Crippen LogP contribution in [-0.4, -0.2) is 40.2 Å². The summed E-state index contributed by atoms with van der Waals surface area (Å²) in [5, 5.41) is 0. The van der Waals surface area contributed by atoms with E-state index in [0.29, 0.717) is 42.6 Å². The number of hydrogen-bond donors (Lipinski definition) is 2. The number of nitrogens with one attached hydrogen (secondary N) is 2. The molecule has 28 heavy (non-hydrogen) atoms. The molecule has 0 unspecified atom stereocenters. The molecule has 2 aliphatic rings. The van der Waals surface area contributed by atoms with Crippen molar-refractivity contribution in [1.29, 1.82) is 0 Å². The summed E-state index contributed by atoms with van der Waals surface area (Å²) in [5.74, 6) is 1.09. The Balaban J connectivity index is 1.41. The predicted octanol–water partition coefficient (Wildman–Crippen LogP) is 0.997. The number of ether oxygens (including phenoxy) is 4. The van der Waals surface area contributed by atoms with Crippen LogP contribution >= 0.6 is 0 Å². The van der Waals surface area contributed by atoms with E-state index in [2.05, 4.69) is 10.3 Å². The molecular weight excluding hydrogens is 388 g/mol. The van der Waals surface area contributed by atoms with Crippen LogP contribution in [0.25, 0.3) is 0 Å². The quantitative estimate of drug-likeness (QED) is 0.729. The van der Waals surface area contributed by atoms with Crippen LogP contribution in [0.2, 0.25) is 0 Å². The normalized spacial score (nSPS) is 18.1. The molecular formula is C18H18N2O7S. The second-order valence-corrected chi connectivity index (χ2v) is 7.80. The Morgan fingerprint density at radius 2 is 1.64 bits per heavy atom. The van der Waals surface area contributed by atoms with Crippen LogP contribution in [0.4, 0.5) is 0 Å². The van der Waals surface area contributed by atoms with Gasteiger partial charge >= 0.3 is 0 Å². The third-order valence-corrected chi connectivity index (χ3v) is 5.38. The zero-order valence-electron chi connectivity index (χ0n) is 14.7. The molecule has 2 N–H and O–H groups in total. The van der Waals surface area contributed by atoms with Crippen molar-refractivity contribution in [1.82, 2.24) is 10.3 Å². The molecule has 148 valence electrons. The van der Waals surface area contributed by atoms with E-state index in [-0.39, 0.29) is 11.5 Å². The van der Waals surface area contributed by atoms with Gasteiger partial charge in [0, 0.05) is 12.5 Å². The van der Waals surface area contributed by atoms with Crippen molar-refractivity contribution in [2.75, 3.05) is 19.8 Å². The predicted molar refractivity (Wildman–Crippen MR) is 96.9 cm³/mol. The number of rotatable bonds is 4. The number of amides is 1. The van der Waals surface area contributed by atoms with Gasteiger partial charge in [-0.15, -0.1) is 4.83 Å². The van der Waals surface area contributed by atoms with Crippen LogP contribution in [0, 0.1) is 0 Å². The number of hydrogen-bond acceptors (Lipinski definition) is 7. The van der Waals surface area contributed by atoms with Gasteiger partial charge in [-0.3, -0.25) is 10.2 Å². The van der Waals surface area contributed by atoms with Crippen molar-refractivity contribution in [3.63, 3.8) is 0 Å². The van der Waals surface area contributed by atoms with E-state index in [4.69, 9.17) is 18.9 Å². The molecule has 4 rings (SSSR count). The maximum Gasteiger partial charge on any atom is 0.279 e. The Bertz CT molecular complexity index is 993. The van der Waals surface area contributed by atoms with E-state index in [1.807, 2.05) is 0 Å². The van der Waals surface area contributed by atoms with Crippen LogP contribution < -0.4 is 29.2 Å². The number of carbonyl (C=O) groups is 1. The third-order valence-electron chi connectivity index (χ3n) is 4.14. The van der Waals surface area contributed by atoms with Gasteiger partial charge < -0.3 is 18.9 Å². The Labute approximate surface area is 161 Å². The fourth-order valence-electron chi connectivity index (χ4n) is 2.72. The van der Waals surface area contributed by atoms with Crippen molar-refractivity contribution < 1.29 is 32.2 Å². The van der Waals surface area contributed by atoms with Crippen molar-refractivity contribution >= 4 is 15.9 Å². The van der Waals surface area contributed by atoms with Crippen LogP contribution in [0.15, 0.2) is 47.4 Å². The summed E-state index contributed by atoms with van der Waals surface area (Å²) < 4.78 is 47.0. The van der Waals surface area contributed by atoms with E-state index >= 15 is 0 Å². The largest absolute Gasteiger partial charge is 0.490 e. The third kappa shape index (κ3) is 3.82. The van der Waals surface area contributed by atoms with E-state index in [0.717, 1.165) is 0 Å². The minimum atomic E-state index is -4.01. The average Bonchev–Trinajstić information content (AvgIpc) is 2.96. The maximum atomic E-state index is 12.5.